The first-order valence-corrected chi connectivity index (χ1v) is 14.7. The summed E-state index contributed by atoms with van der Waals surface area (Å²) in [5, 5.41) is 7.40. The number of esters is 4. The van der Waals surface area contributed by atoms with Crippen LogP contribution in [0.2, 0.25) is 0 Å². The van der Waals surface area contributed by atoms with Gasteiger partial charge < -0.3 is 23.7 Å². The lowest BCUT2D eigenvalue weighted by molar-refractivity contribution is -0.205. The molecule has 2 aliphatic rings. The second-order valence-electron chi connectivity index (χ2n) is 10.8. The molecule has 254 valence electrons. The molecule has 0 spiro atoms. The molecule has 48 heavy (non-hydrogen) atoms. The van der Waals surface area contributed by atoms with Gasteiger partial charge in [0.2, 0.25) is 18.0 Å². The van der Waals surface area contributed by atoms with E-state index in [1.165, 1.54) is 4.90 Å². The Labute approximate surface area is 274 Å². The van der Waals surface area contributed by atoms with Crippen molar-refractivity contribution in [2.75, 3.05) is 13.2 Å². The van der Waals surface area contributed by atoms with Crippen molar-refractivity contribution in [1.29, 1.82) is 0 Å². The number of hydrogen-bond acceptors (Lipinski definition) is 13. The Morgan fingerprint density at radius 2 is 1.35 bits per heavy atom. The van der Waals surface area contributed by atoms with E-state index in [9.17, 15) is 33.6 Å². The zero-order chi connectivity index (χ0) is 35.2. The molecule has 1 unspecified atom stereocenters. The zero-order valence-electron chi connectivity index (χ0n) is 26.7. The minimum atomic E-state index is -1.72. The van der Waals surface area contributed by atoms with Crippen LogP contribution < -0.4 is 5.32 Å². The smallest absolute Gasteiger partial charge is 0.326 e. The number of carbonyl (C=O) groups is 7. The van der Waals surface area contributed by atoms with Gasteiger partial charge in [0.25, 0.3) is 5.91 Å². The second kappa shape index (κ2) is 14.7. The normalized spacial score (nSPS) is 18.4. The van der Waals surface area contributed by atoms with E-state index in [-0.39, 0.29) is 5.90 Å². The highest BCUT2D eigenvalue weighted by molar-refractivity contribution is 6.10. The fourth-order valence-corrected chi connectivity index (χ4v) is 5.50. The molecule has 1 N–H and O–H groups in total. The van der Waals surface area contributed by atoms with Crippen LogP contribution in [0.15, 0.2) is 65.8 Å². The number of ether oxygens (including phenoxy) is 5. The van der Waals surface area contributed by atoms with Crippen molar-refractivity contribution in [3.63, 3.8) is 0 Å². The number of hydrazone groups is 1. The molecular formula is C32H34N4O12. The fourth-order valence-electron chi connectivity index (χ4n) is 5.50. The van der Waals surface area contributed by atoms with Crippen molar-refractivity contribution in [2.45, 2.75) is 64.7 Å². The van der Waals surface area contributed by atoms with Crippen molar-refractivity contribution >= 4 is 47.6 Å². The molecule has 4 atom stereocenters. The molecular weight excluding hydrogens is 632 g/mol. The maximum absolute atomic E-state index is 13.7. The number of carbonyl (C=O) groups excluding carboxylic acids is 7. The van der Waals surface area contributed by atoms with Gasteiger partial charge in [0.1, 0.15) is 13.2 Å². The van der Waals surface area contributed by atoms with E-state index in [4.69, 9.17) is 23.7 Å². The quantitative estimate of drug-likeness (QED) is 0.194. The number of nitrogens with one attached hydrogen (secondary N) is 1. The third-order valence-corrected chi connectivity index (χ3v) is 7.26. The van der Waals surface area contributed by atoms with Crippen LogP contribution in [0.3, 0.4) is 0 Å². The van der Waals surface area contributed by atoms with E-state index in [2.05, 4.69) is 10.4 Å². The van der Waals surface area contributed by atoms with Crippen LogP contribution in [0.1, 0.15) is 45.7 Å². The van der Waals surface area contributed by atoms with Crippen LogP contribution in [-0.2, 0) is 58.0 Å². The SMILES string of the molecule is CC(=O)OC[C@@H](OC(C)=O)[C@H](OC(C)=O)[C@@H](OC(C)=O)C1OC(CN2C(=O)NC(=O)C2(c2ccccc2)c2ccccc2)=NN1C(C)=O. The lowest BCUT2D eigenvalue weighted by Gasteiger charge is -2.36. The van der Waals surface area contributed by atoms with Crippen molar-refractivity contribution in [1.82, 2.24) is 15.2 Å². The second-order valence-corrected chi connectivity index (χ2v) is 10.8. The van der Waals surface area contributed by atoms with Gasteiger partial charge in [-0.3, -0.25) is 39.0 Å². The Morgan fingerprint density at radius 1 is 0.812 bits per heavy atom. The highest BCUT2D eigenvalue weighted by atomic mass is 16.6. The Hall–Kier alpha value is -5.80. The predicted molar refractivity (Wildman–Crippen MR) is 162 cm³/mol. The molecule has 1 saturated heterocycles. The van der Waals surface area contributed by atoms with E-state index in [0.717, 1.165) is 39.6 Å². The topological polar surface area (TPSA) is 197 Å². The number of nitrogens with zero attached hydrogens (tertiary/aromatic N) is 3. The third-order valence-electron chi connectivity index (χ3n) is 7.26. The van der Waals surface area contributed by atoms with Crippen LogP contribution in [-0.4, -0.2) is 95.2 Å². The Balaban J connectivity index is 1.77. The van der Waals surface area contributed by atoms with Gasteiger partial charge in [-0.15, -0.1) is 5.10 Å². The summed E-state index contributed by atoms with van der Waals surface area (Å²) < 4.78 is 27.3. The average molecular weight is 667 g/mol. The molecule has 0 aromatic heterocycles. The fraction of sp³-hybridized carbons (Fsp3) is 0.375. The van der Waals surface area contributed by atoms with Gasteiger partial charge >= 0.3 is 29.9 Å². The minimum absolute atomic E-state index is 0.265. The van der Waals surface area contributed by atoms with Crippen LogP contribution >= 0.6 is 0 Å². The molecule has 0 radical (unpaired) electrons. The number of rotatable bonds is 12. The Kier molecular flexibility index (Phi) is 10.8. The summed E-state index contributed by atoms with van der Waals surface area (Å²) in [4.78, 5) is 89.6. The number of urea groups is 1. The lowest BCUT2D eigenvalue weighted by Crippen LogP contribution is -2.56. The summed E-state index contributed by atoms with van der Waals surface area (Å²) in [5.41, 5.74) is -0.800. The summed E-state index contributed by atoms with van der Waals surface area (Å²) >= 11 is 0. The van der Waals surface area contributed by atoms with E-state index >= 15 is 0 Å². The molecule has 1 fully saturated rings. The summed E-state index contributed by atoms with van der Waals surface area (Å²) in [6, 6.07) is 16.3. The minimum Gasteiger partial charge on any atom is -0.462 e. The Bertz CT molecular complexity index is 1570. The standard InChI is InChI=1S/C32H34N4O12/c1-18(37)36-29(28(47-22(5)41)27(46-21(4)40)25(45-20(3)39)17-44-19(2)38)48-26(34-36)16-35-31(43)33-30(42)32(35,23-12-8-6-9-13-23)24-14-10-7-11-15-24/h6-15,25,27-29H,16-17H2,1-5H3,(H,33,42,43)/t25-,27+,28-,29?/m1/s1. The van der Waals surface area contributed by atoms with Crippen molar-refractivity contribution < 1.29 is 57.2 Å². The zero-order valence-corrected chi connectivity index (χ0v) is 26.7. The highest BCUT2D eigenvalue weighted by Crippen LogP contribution is 2.40. The first-order chi connectivity index (χ1) is 22.7. The van der Waals surface area contributed by atoms with Gasteiger partial charge in [0.15, 0.2) is 23.9 Å². The molecule has 0 bridgehead atoms. The molecule has 2 aromatic carbocycles. The largest absolute Gasteiger partial charge is 0.462 e. The van der Waals surface area contributed by atoms with Crippen LogP contribution in [0.5, 0.6) is 0 Å². The molecule has 16 nitrogen and oxygen atoms in total. The lowest BCUT2D eigenvalue weighted by atomic mass is 9.81. The van der Waals surface area contributed by atoms with Crippen LogP contribution in [0.25, 0.3) is 0 Å². The summed E-state index contributed by atoms with van der Waals surface area (Å²) in [7, 11) is 0. The summed E-state index contributed by atoms with van der Waals surface area (Å²) in [6.45, 7) is 4.23. The maximum atomic E-state index is 13.7. The molecule has 2 heterocycles. The summed E-state index contributed by atoms with van der Waals surface area (Å²) in [5.74, 6) is -5.08. The third kappa shape index (κ3) is 7.43. The van der Waals surface area contributed by atoms with Gasteiger partial charge in [-0.05, 0) is 11.1 Å². The molecule has 2 aliphatic heterocycles. The van der Waals surface area contributed by atoms with E-state index in [1.54, 1.807) is 60.7 Å². The van der Waals surface area contributed by atoms with E-state index in [1.807, 2.05) is 0 Å². The molecule has 16 heteroatoms. The summed E-state index contributed by atoms with van der Waals surface area (Å²) in [6.07, 6.45) is -6.60. The molecule has 4 amide bonds. The van der Waals surface area contributed by atoms with Crippen molar-refractivity contribution in [3.05, 3.63) is 71.8 Å². The number of imide groups is 1. The van der Waals surface area contributed by atoms with Crippen LogP contribution in [0.4, 0.5) is 4.79 Å². The van der Waals surface area contributed by atoms with Gasteiger partial charge in [-0.25, -0.2) is 4.79 Å². The van der Waals surface area contributed by atoms with Crippen molar-refractivity contribution in [3.8, 4) is 0 Å². The van der Waals surface area contributed by atoms with Gasteiger partial charge in [-0.1, -0.05) is 60.7 Å². The molecule has 4 rings (SSSR count). The monoisotopic (exact) mass is 666 g/mol. The van der Waals surface area contributed by atoms with Crippen molar-refractivity contribution in [2.24, 2.45) is 5.10 Å². The predicted octanol–water partition coefficient (Wildman–Crippen LogP) is 1.36. The maximum Gasteiger partial charge on any atom is 0.326 e. The average Bonchev–Trinajstić information content (AvgIpc) is 3.56. The number of hydrogen-bond donors (Lipinski definition) is 1. The van der Waals surface area contributed by atoms with Crippen LogP contribution in [0, 0.1) is 0 Å². The number of benzene rings is 2. The molecule has 2 aromatic rings. The molecule has 0 aliphatic carbocycles. The first-order valence-electron chi connectivity index (χ1n) is 14.7. The van der Waals surface area contributed by atoms with E-state index in [0.29, 0.717) is 11.1 Å². The van der Waals surface area contributed by atoms with Gasteiger partial charge in [0, 0.05) is 34.6 Å². The first kappa shape index (κ1) is 35.1. The van der Waals surface area contributed by atoms with Gasteiger partial charge in [0.05, 0.1) is 0 Å². The number of amides is 4. The molecule has 0 saturated carbocycles. The Morgan fingerprint density at radius 3 is 1.83 bits per heavy atom. The van der Waals surface area contributed by atoms with Gasteiger partial charge in [-0.2, -0.15) is 5.01 Å². The highest BCUT2D eigenvalue weighted by Gasteiger charge is 2.57. The van der Waals surface area contributed by atoms with E-state index < -0.39 is 85.0 Å².